The van der Waals surface area contributed by atoms with Crippen molar-refractivity contribution in [3.63, 3.8) is 0 Å². The normalized spacial score (nSPS) is 19.3. The molecule has 1 aromatic carbocycles. The van der Waals surface area contributed by atoms with Crippen LogP contribution in [-0.2, 0) is 0 Å². The molecule has 15 heavy (non-hydrogen) atoms. The lowest BCUT2D eigenvalue weighted by molar-refractivity contribution is 0.440. The second-order valence-electron chi connectivity index (χ2n) is 4.55. The Labute approximate surface area is 91.7 Å². The zero-order valence-corrected chi connectivity index (χ0v) is 9.15. The molecular formula is C13H20N2. The highest BCUT2D eigenvalue weighted by Crippen LogP contribution is 2.36. The zero-order valence-electron chi connectivity index (χ0n) is 9.15. The maximum Gasteiger partial charge on any atom is 0.0314 e. The molecule has 1 saturated carbocycles. The molecule has 0 aromatic heterocycles. The zero-order chi connectivity index (χ0) is 10.7. The predicted octanol–water partition coefficient (Wildman–Crippen LogP) is 2.50. The van der Waals surface area contributed by atoms with Gasteiger partial charge in [-0.3, -0.25) is 0 Å². The lowest BCUT2D eigenvalue weighted by atomic mass is 9.85. The molecular weight excluding hydrogens is 184 g/mol. The van der Waals surface area contributed by atoms with Crippen molar-refractivity contribution in [2.24, 2.45) is 11.7 Å². The number of rotatable bonds is 3. The molecule has 2 rings (SSSR count). The van der Waals surface area contributed by atoms with Crippen molar-refractivity contribution in [2.75, 3.05) is 12.3 Å². The average molecular weight is 204 g/mol. The first kappa shape index (κ1) is 10.5. The van der Waals surface area contributed by atoms with E-state index >= 15 is 0 Å². The van der Waals surface area contributed by atoms with Crippen LogP contribution in [0.4, 0.5) is 5.69 Å². The van der Waals surface area contributed by atoms with E-state index in [1.54, 1.807) is 0 Å². The lowest BCUT2D eigenvalue weighted by Crippen LogP contribution is -2.19. The molecule has 1 unspecified atom stereocenters. The van der Waals surface area contributed by atoms with Gasteiger partial charge in [-0.15, -0.1) is 0 Å². The van der Waals surface area contributed by atoms with Crippen molar-refractivity contribution in [1.29, 1.82) is 0 Å². The van der Waals surface area contributed by atoms with E-state index in [0.29, 0.717) is 5.92 Å². The van der Waals surface area contributed by atoms with E-state index in [-0.39, 0.29) is 0 Å². The van der Waals surface area contributed by atoms with Crippen LogP contribution >= 0.6 is 0 Å². The van der Waals surface area contributed by atoms with Gasteiger partial charge in [0.15, 0.2) is 0 Å². The Bertz CT molecular complexity index is 299. The topological polar surface area (TPSA) is 52.0 Å². The van der Waals surface area contributed by atoms with Crippen LogP contribution in [0.5, 0.6) is 0 Å². The van der Waals surface area contributed by atoms with Gasteiger partial charge in [-0.05, 0) is 48.9 Å². The van der Waals surface area contributed by atoms with Crippen molar-refractivity contribution < 1.29 is 0 Å². The number of nitrogens with two attached hydrogens (primary N) is 2. The van der Waals surface area contributed by atoms with Crippen LogP contribution in [0.2, 0.25) is 0 Å². The minimum atomic E-state index is 0.535. The van der Waals surface area contributed by atoms with Crippen LogP contribution in [0.25, 0.3) is 0 Å². The summed E-state index contributed by atoms with van der Waals surface area (Å²) in [4.78, 5) is 0. The van der Waals surface area contributed by atoms with Gasteiger partial charge in [0.2, 0.25) is 0 Å². The van der Waals surface area contributed by atoms with E-state index in [4.69, 9.17) is 11.5 Å². The summed E-state index contributed by atoms with van der Waals surface area (Å²) in [7, 11) is 0. The van der Waals surface area contributed by atoms with Gasteiger partial charge in [-0.25, -0.2) is 0 Å². The molecule has 1 atom stereocenters. The van der Waals surface area contributed by atoms with Crippen molar-refractivity contribution in [3.05, 3.63) is 29.8 Å². The predicted molar refractivity (Wildman–Crippen MR) is 64.6 cm³/mol. The maximum atomic E-state index is 5.89. The van der Waals surface area contributed by atoms with Crippen LogP contribution < -0.4 is 11.5 Å². The summed E-state index contributed by atoms with van der Waals surface area (Å²) >= 11 is 0. The highest BCUT2D eigenvalue weighted by molar-refractivity contribution is 5.40. The van der Waals surface area contributed by atoms with Gasteiger partial charge in [-0.1, -0.05) is 25.0 Å². The summed E-state index contributed by atoms with van der Waals surface area (Å²) in [6.07, 6.45) is 5.42. The molecule has 1 fully saturated rings. The van der Waals surface area contributed by atoms with Gasteiger partial charge in [0.1, 0.15) is 0 Å². The summed E-state index contributed by atoms with van der Waals surface area (Å²) in [5.41, 5.74) is 13.8. The Balaban J connectivity index is 2.14. The molecule has 2 nitrogen and oxygen atoms in total. The molecule has 0 aliphatic heterocycles. The molecule has 1 aliphatic carbocycles. The van der Waals surface area contributed by atoms with Gasteiger partial charge in [0.25, 0.3) is 0 Å². The van der Waals surface area contributed by atoms with Gasteiger partial charge in [0.05, 0.1) is 0 Å². The van der Waals surface area contributed by atoms with Gasteiger partial charge in [0, 0.05) is 5.69 Å². The van der Waals surface area contributed by atoms with Gasteiger partial charge < -0.3 is 11.5 Å². The van der Waals surface area contributed by atoms with Crippen LogP contribution in [-0.4, -0.2) is 6.54 Å². The van der Waals surface area contributed by atoms with E-state index < -0.39 is 0 Å². The quantitative estimate of drug-likeness (QED) is 0.743. The molecule has 2 heteroatoms. The van der Waals surface area contributed by atoms with E-state index in [1.165, 1.54) is 31.2 Å². The first-order valence-electron chi connectivity index (χ1n) is 5.87. The number of nitrogen functional groups attached to an aromatic ring is 1. The SMILES string of the molecule is NCC(c1ccc(N)cc1)C1CCCC1. The number of benzene rings is 1. The van der Waals surface area contributed by atoms with Crippen LogP contribution in [0.1, 0.15) is 37.2 Å². The average Bonchev–Trinajstić information content (AvgIpc) is 2.75. The molecule has 1 aromatic rings. The minimum Gasteiger partial charge on any atom is -0.399 e. The van der Waals surface area contributed by atoms with Gasteiger partial charge >= 0.3 is 0 Å². The van der Waals surface area contributed by atoms with Crippen LogP contribution in [0.3, 0.4) is 0 Å². The van der Waals surface area contributed by atoms with E-state index in [1.807, 2.05) is 12.1 Å². The number of anilines is 1. The molecule has 0 spiro atoms. The second kappa shape index (κ2) is 4.67. The molecule has 0 radical (unpaired) electrons. The summed E-state index contributed by atoms with van der Waals surface area (Å²) in [5.74, 6) is 1.33. The minimum absolute atomic E-state index is 0.535. The highest BCUT2D eigenvalue weighted by atomic mass is 14.6. The maximum absolute atomic E-state index is 5.89. The standard InChI is InChI=1S/C13H20N2/c14-9-13(10-3-1-2-4-10)11-5-7-12(15)8-6-11/h5-8,10,13H,1-4,9,14-15H2. The van der Waals surface area contributed by atoms with E-state index in [2.05, 4.69) is 12.1 Å². The summed E-state index contributed by atoms with van der Waals surface area (Å²) < 4.78 is 0. The largest absolute Gasteiger partial charge is 0.399 e. The first-order chi connectivity index (χ1) is 7.31. The van der Waals surface area contributed by atoms with Crippen LogP contribution in [0.15, 0.2) is 24.3 Å². The van der Waals surface area contributed by atoms with Crippen molar-refractivity contribution >= 4 is 5.69 Å². The van der Waals surface area contributed by atoms with E-state index in [9.17, 15) is 0 Å². The Morgan fingerprint density at radius 1 is 1.13 bits per heavy atom. The summed E-state index contributed by atoms with van der Waals surface area (Å²) in [5, 5.41) is 0. The molecule has 82 valence electrons. The fourth-order valence-corrected chi connectivity index (χ4v) is 2.70. The Morgan fingerprint density at radius 3 is 2.27 bits per heavy atom. The lowest BCUT2D eigenvalue weighted by Gasteiger charge is -2.22. The third-order valence-corrected chi connectivity index (χ3v) is 3.59. The third-order valence-electron chi connectivity index (χ3n) is 3.59. The summed E-state index contributed by atoms with van der Waals surface area (Å²) in [6.45, 7) is 0.759. The molecule has 1 aliphatic rings. The molecule has 0 saturated heterocycles. The second-order valence-corrected chi connectivity index (χ2v) is 4.55. The third kappa shape index (κ3) is 2.32. The van der Waals surface area contributed by atoms with Crippen molar-refractivity contribution in [1.82, 2.24) is 0 Å². The molecule has 4 N–H and O–H groups in total. The fourth-order valence-electron chi connectivity index (χ4n) is 2.70. The molecule has 0 bridgehead atoms. The number of hydrogen-bond acceptors (Lipinski definition) is 2. The van der Waals surface area contributed by atoms with E-state index in [0.717, 1.165) is 18.2 Å². The smallest absolute Gasteiger partial charge is 0.0314 e. The Kier molecular flexibility index (Phi) is 3.27. The molecule has 0 heterocycles. The van der Waals surface area contributed by atoms with Crippen molar-refractivity contribution in [2.45, 2.75) is 31.6 Å². The van der Waals surface area contributed by atoms with Crippen molar-refractivity contribution in [3.8, 4) is 0 Å². The Hall–Kier alpha value is -1.02. The van der Waals surface area contributed by atoms with Gasteiger partial charge in [-0.2, -0.15) is 0 Å². The monoisotopic (exact) mass is 204 g/mol. The fraction of sp³-hybridized carbons (Fsp3) is 0.538. The van der Waals surface area contributed by atoms with Crippen LogP contribution in [0, 0.1) is 5.92 Å². The first-order valence-corrected chi connectivity index (χ1v) is 5.87. The molecule has 0 amide bonds. The number of hydrogen-bond donors (Lipinski definition) is 2. The Morgan fingerprint density at radius 2 is 1.73 bits per heavy atom. The highest BCUT2D eigenvalue weighted by Gasteiger charge is 2.24. The summed E-state index contributed by atoms with van der Waals surface area (Å²) in [6, 6.07) is 8.22.